The topological polar surface area (TPSA) is 46.3 Å². The van der Waals surface area contributed by atoms with Gasteiger partial charge in [-0.3, -0.25) is 0 Å². The zero-order valence-corrected chi connectivity index (χ0v) is 17.4. The third-order valence-corrected chi connectivity index (χ3v) is 5.12. The Bertz CT molecular complexity index is 281. The lowest BCUT2D eigenvalue weighted by Crippen LogP contribution is -2.37. The van der Waals surface area contributed by atoms with Crippen LogP contribution in [0.25, 0.3) is 0 Å². The Kier molecular flexibility index (Phi) is 19.0. The third kappa shape index (κ3) is 17.9. The van der Waals surface area contributed by atoms with Crippen LogP contribution >= 0.6 is 0 Å². The van der Waals surface area contributed by atoms with E-state index in [1.807, 2.05) is 4.90 Å². The Morgan fingerprint density at radius 1 is 0.560 bits per heavy atom. The van der Waals surface area contributed by atoms with E-state index in [0.717, 1.165) is 25.9 Å². The molecule has 0 atom stereocenters. The van der Waals surface area contributed by atoms with Crippen LogP contribution in [0.1, 0.15) is 123 Å². The van der Waals surface area contributed by atoms with Gasteiger partial charge in [-0.1, -0.05) is 110 Å². The maximum Gasteiger partial charge on any atom is 0.314 e. The maximum absolute atomic E-state index is 11.5. The molecule has 0 rings (SSSR count). The molecule has 150 valence electrons. The molecule has 2 N–H and O–H groups in total. The van der Waals surface area contributed by atoms with E-state index in [9.17, 15) is 4.79 Å². The molecule has 0 heterocycles. The molecule has 0 saturated carbocycles. The summed E-state index contributed by atoms with van der Waals surface area (Å²) in [4.78, 5) is 13.4. The van der Waals surface area contributed by atoms with Gasteiger partial charge in [0.15, 0.2) is 0 Å². The predicted octanol–water partition coefficient (Wildman–Crippen LogP) is 7.04. The molecule has 0 aromatic carbocycles. The fourth-order valence-corrected chi connectivity index (χ4v) is 3.38. The van der Waals surface area contributed by atoms with Crippen LogP contribution in [-0.2, 0) is 0 Å². The van der Waals surface area contributed by atoms with Gasteiger partial charge in [0.2, 0.25) is 0 Å². The SMILES string of the molecule is CCCCCCCCCCCCN(CCCCCCCCC)C(N)=O. The molecule has 0 fully saturated rings. The van der Waals surface area contributed by atoms with Crippen molar-refractivity contribution in [2.75, 3.05) is 13.1 Å². The summed E-state index contributed by atoms with van der Waals surface area (Å²) in [6, 6.07) is -0.234. The molecule has 0 spiro atoms. The zero-order valence-electron chi connectivity index (χ0n) is 17.4. The summed E-state index contributed by atoms with van der Waals surface area (Å²) in [5.41, 5.74) is 5.52. The average Bonchev–Trinajstić information content (AvgIpc) is 2.60. The Labute approximate surface area is 158 Å². The first-order valence-corrected chi connectivity index (χ1v) is 11.3. The van der Waals surface area contributed by atoms with Crippen molar-refractivity contribution in [1.82, 2.24) is 4.90 Å². The van der Waals surface area contributed by atoms with Crippen LogP contribution in [-0.4, -0.2) is 24.0 Å². The van der Waals surface area contributed by atoms with Gasteiger partial charge in [-0.25, -0.2) is 4.79 Å². The van der Waals surface area contributed by atoms with Crippen LogP contribution < -0.4 is 5.73 Å². The smallest absolute Gasteiger partial charge is 0.314 e. The first-order chi connectivity index (χ1) is 12.2. The Balaban J connectivity index is 3.46. The minimum absolute atomic E-state index is 0.234. The van der Waals surface area contributed by atoms with E-state index in [1.165, 1.54) is 96.3 Å². The number of hydrogen-bond acceptors (Lipinski definition) is 1. The molecule has 0 aromatic rings. The van der Waals surface area contributed by atoms with Crippen LogP contribution in [0.4, 0.5) is 4.79 Å². The molecule has 0 aliphatic rings. The highest BCUT2D eigenvalue weighted by atomic mass is 16.2. The number of amides is 2. The van der Waals surface area contributed by atoms with Crippen molar-refractivity contribution in [2.45, 2.75) is 123 Å². The van der Waals surface area contributed by atoms with Crippen molar-refractivity contribution in [2.24, 2.45) is 5.73 Å². The molecule has 0 unspecified atom stereocenters. The quantitative estimate of drug-likeness (QED) is 0.248. The monoisotopic (exact) mass is 354 g/mol. The molecular formula is C22H46N2O. The van der Waals surface area contributed by atoms with Gasteiger partial charge in [0.25, 0.3) is 0 Å². The second-order valence-corrected chi connectivity index (χ2v) is 7.63. The fraction of sp³-hybridized carbons (Fsp3) is 0.955. The molecular weight excluding hydrogens is 308 g/mol. The van der Waals surface area contributed by atoms with Crippen LogP contribution in [0.3, 0.4) is 0 Å². The highest BCUT2D eigenvalue weighted by Crippen LogP contribution is 2.11. The Morgan fingerprint density at radius 3 is 1.12 bits per heavy atom. The molecule has 0 saturated heterocycles. The van der Waals surface area contributed by atoms with Gasteiger partial charge in [-0.05, 0) is 12.8 Å². The van der Waals surface area contributed by atoms with Crippen molar-refractivity contribution < 1.29 is 4.79 Å². The van der Waals surface area contributed by atoms with Crippen LogP contribution in [0.2, 0.25) is 0 Å². The predicted molar refractivity (Wildman–Crippen MR) is 111 cm³/mol. The van der Waals surface area contributed by atoms with Gasteiger partial charge in [0.05, 0.1) is 0 Å². The lowest BCUT2D eigenvalue weighted by molar-refractivity contribution is 0.204. The van der Waals surface area contributed by atoms with E-state index < -0.39 is 0 Å². The molecule has 3 nitrogen and oxygen atoms in total. The number of unbranched alkanes of at least 4 members (excludes halogenated alkanes) is 15. The van der Waals surface area contributed by atoms with E-state index >= 15 is 0 Å². The summed E-state index contributed by atoms with van der Waals surface area (Å²) in [7, 11) is 0. The summed E-state index contributed by atoms with van der Waals surface area (Å²) in [5.74, 6) is 0. The molecule has 0 aliphatic carbocycles. The molecule has 3 heteroatoms. The van der Waals surface area contributed by atoms with Crippen molar-refractivity contribution in [3.05, 3.63) is 0 Å². The summed E-state index contributed by atoms with van der Waals surface area (Å²) in [6.45, 7) is 6.21. The summed E-state index contributed by atoms with van der Waals surface area (Å²) >= 11 is 0. The summed E-state index contributed by atoms with van der Waals surface area (Å²) in [6.07, 6.45) is 22.3. The Hall–Kier alpha value is -0.730. The summed E-state index contributed by atoms with van der Waals surface area (Å²) in [5, 5.41) is 0. The van der Waals surface area contributed by atoms with E-state index in [1.54, 1.807) is 0 Å². The van der Waals surface area contributed by atoms with Crippen LogP contribution in [0.5, 0.6) is 0 Å². The first kappa shape index (κ1) is 24.3. The molecule has 0 radical (unpaired) electrons. The standard InChI is InChI=1S/C22H46N2O/c1-3-5-7-9-11-12-13-15-17-19-21-24(22(23)25)20-18-16-14-10-8-6-4-2/h3-21H2,1-2H3,(H2,23,25). The van der Waals surface area contributed by atoms with Crippen molar-refractivity contribution in [3.63, 3.8) is 0 Å². The number of nitrogens with zero attached hydrogens (tertiary/aromatic N) is 1. The molecule has 25 heavy (non-hydrogen) atoms. The minimum atomic E-state index is -0.234. The number of urea groups is 1. The lowest BCUT2D eigenvalue weighted by Gasteiger charge is -2.20. The molecule has 0 aromatic heterocycles. The fourth-order valence-electron chi connectivity index (χ4n) is 3.38. The van der Waals surface area contributed by atoms with E-state index in [0.29, 0.717) is 0 Å². The number of primary amides is 1. The van der Waals surface area contributed by atoms with Gasteiger partial charge in [0.1, 0.15) is 0 Å². The largest absolute Gasteiger partial charge is 0.351 e. The van der Waals surface area contributed by atoms with Gasteiger partial charge in [-0.2, -0.15) is 0 Å². The molecule has 0 bridgehead atoms. The van der Waals surface area contributed by atoms with Gasteiger partial charge in [0, 0.05) is 13.1 Å². The number of carbonyl (C=O) groups excluding carboxylic acids is 1. The average molecular weight is 355 g/mol. The second-order valence-electron chi connectivity index (χ2n) is 7.63. The summed E-state index contributed by atoms with van der Waals surface area (Å²) < 4.78 is 0. The zero-order chi connectivity index (χ0) is 18.6. The van der Waals surface area contributed by atoms with E-state index in [4.69, 9.17) is 5.73 Å². The normalized spacial score (nSPS) is 11.0. The van der Waals surface area contributed by atoms with E-state index in [2.05, 4.69) is 13.8 Å². The maximum atomic E-state index is 11.5. The van der Waals surface area contributed by atoms with E-state index in [-0.39, 0.29) is 6.03 Å². The number of rotatable bonds is 19. The first-order valence-electron chi connectivity index (χ1n) is 11.3. The lowest BCUT2D eigenvalue weighted by atomic mass is 10.1. The van der Waals surface area contributed by atoms with Crippen molar-refractivity contribution >= 4 is 6.03 Å². The number of hydrogen-bond donors (Lipinski definition) is 1. The minimum Gasteiger partial charge on any atom is -0.351 e. The van der Waals surface area contributed by atoms with Crippen LogP contribution in [0, 0.1) is 0 Å². The van der Waals surface area contributed by atoms with Crippen molar-refractivity contribution in [3.8, 4) is 0 Å². The molecule has 2 amide bonds. The van der Waals surface area contributed by atoms with Crippen molar-refractivity contribution in [1.29, 1.82) is 0 Å². The highest BCUT2D eigenvalue weighted by molar-refractivity contribution is 5.71. The third-order valence-electron chi connectivity index (χ3n) is 5.12. The van der Waals surface area contributed by atoms with Crippen LogP contribution in [0.15, 0.2) is 0 Å². The van der Waals surface area contributed by atoms with Gasteiger partial charge >= 0.3 is 6.03 Å². The van der Waals surface area contributed by atoms with Gasteiger partial charge < -0.3 is 10.6 Å². The molecule has 0 aliphatic heterocycles. The second kappa shape index (κ2) is 19.6. The number of carbonyl (C=O) groups is 1. The number of nitrogens with two attached hydrogens (primary N) is 1. The Morgan fingerprint density at radius 2 is 0.840 bits per heavy atom. The van der Waals surface area contributed by atoms with Gasteiger partial charge in [-0.15, -0.1) is 0 Å². The highest BCUT2D eigenvalue weighted by Gasteiger charge is 2.08.